The lowest BCUT2D eigenvalue weighted by molar-refractivity contribution is -0.130. The Morgan fingerprint density at radius 1 is 1.53 bits per heavy atom. The number of hydrogen-bond donors (Lipinski definition) is 2. The van der Waals surface area contributed by atoms with Crippen molar-refractivity contribution in [3.63, 3.8) is 0 Å². The molecule has 0 fully saturated rings. The molecular weight excluding hydrogens is 258 g/mol. The highest BCUT2D eigenvalue weighted by Crippen LogP contribution is 2.18. The van der Waals surface area contributed by atoms with Gasteiger partial charge in [-0.2, -0.15) is 0 Å². The Hall–Kier alpha value is -1.62. The molecule has 0 aliphatic carbocycles. The van der Waals surface area contributed by atoms with E-state index in [2.05, 4.69) is 5.32 Å². The highest BCUT2D eigenvalue weighted by molar-refractivity contribution is 7.80. The molecule has 4 nitrogen and oxygen atoms in total. The molecule has 0 radical (unpaired) electrons. The van der Waals surface area contributed by atoms with E-state index in [1.165, 1.54) is 0 Å². The number of rotatable bonds is 5. The van der Waals surface area contributed by atoms with Crippen molar-refractivity contribution < 1.29 is 4.79 Å². The van der Waals surface area contributed by atoms with E-state index in [9.17, 15) is 4.79 Å². The Morgan fingerprint density at radius 3 is 2.68 bits per heavy atom. The van der Waals surface area contributed by atoms with Gasteiger partial charge in [-0.3, -0.25) is 4.79 Å². The Morgan fingerprint density at radius 2 is 2.16 bits per heavy atom. The monoisotopic (exact) mass is 279 g/mol. The molecule has 1 aromatic carbocycles. The van der Waals surface area contributed by atoms with Crippen molar-refractivity contribution >= 4 is 28.8 Å². The third kappa shape index (κ3) is 3.92. The van der Waals surface area contributed by atoms with Crippen molar-refractivity contribution in [2.45, 2.75) is 26.8 Å². The van der Waals surface area contributed by atoms with Crippen LogP contribution in [0.3, 0.4) is 0 Å². The molecule has 1 unspecified atom stereocenters. The summed E-state index contributed by atoms with van der Waals surface area (Å²) in [6.45, 7) is 6.43. The molecule has 0 aliphatic heterocycles. The zero-order valence-corrected chi connectivity index (χ0v) is 12.7. The van der Waals surface area contributed by atoms with E-state index in [0.29, 0.717) is 11.5 Å². The average Bonchev–Trinajstić information content (AvgIpc) is 2.38. The van der Waals surface area contributed by atoms with Crippen LogP contribution >= 0.6 is 12.2 Å². The minimum absolute atomic E-state index is 0.0389. The van der Waals surface area contributed by atoms with Gasteiger partial charge in [0.2, 0.25) is 5.91 Å². The quantitative estimate of drug-likeness (QED) is 0.808. The SMILES string of the molecule is CCN(C)C(=O)C(C)Nc1ccc(C)cc1C(N)=S. The van der Waals surface area contributed by atoms with Gasteiger partial charge in [0.15, 0.2) is 0 Å². The molecule has 3 N–H and O–H groups in total. The van der Waals surface area contributed by atoms with Gasteiger partial charge >= 0.3 is 0 Å². The van der Waals surface area contributed by atoms with Crippen molar-refractivity contribution in [2.75, 3.05) is 18.9 Å². The predicted molar refractivity (Wildman–Crippen MR) is 83.5 cm³/mol. The average molecular weight is 279 g/mol. The molecule has 1 rings (SSSR count). The normalized spacial score (nSPS) is 11.8. The lowest BCUT2D eigenvalue weighted by Crippen LogP contribution is -2.39. The molecular formula is C14H21N3OS. The molecule has 0 aromatic heterocycles. The third-order valence-electron chi connectivity index (χ3n) is 3.03. The first-order valence-electron chi connectivity index (χ1n) is 6.28. The highest BCUT2D eigenvalue weighted by atomic mass is 32.1. The second-order valence-corrected chi connectivity index (χ2v) is 5.07. The zero-order valence-electron chi connectivity index (χ0n) is 11.9. The summed E-state index contributed by atoms with van der Waals surface area (Å²) in [5.74, 6) is 0.0389. The Bertz CT molecular complexity index is 488. The summed E-state index contributed by atoms with van der Waals surface area (Å²) < 4.78 is 0. The maximum atomic E-state index is 12.0. The Labute approximate surface area is 120 Å². The summed E-state index contributed by atoms with van der Waals surface area (Å²) in [4.78, 5) is 14.0. The van der Waals surface area contributed by atoms with Gasteiger partial charge in [-0.1, -0.05) is 23.8 Å². The van der Waals surface area contributed by atoms with Gasteiger partial charge in [0.25, 0.3) is 0 Å². The molecule has 0 heterocycles. The fraction of sp³-hybridized carbons (Fsp3) is 0.429. The minimum Gasteiger partial charge on any atom is -0.389 e. The van der Waals surface area contributed by atoms with Crippen molar-refractivity contribution in [3.05, 3.63) is 29.3 Å². The number of amides is 1. The van der Waals surface area contributed by atoms with Crippen LogP contribution in [-0.2, 0) is 4.79 Å². The maximum Gasteiger partial charge on any atom is 0.244 e. The molecule has 5 heteroatoms. The minimum atomic E-state index is -0.319. The molecule has 0 bridgehead atoms. The fourth-order valence-electron chi connectivity index (χ4n) is 1.77. The number of carbonyl (C=O) groups is 1. The number of nitrogens with zero attached hydrogens (tertiary/aromatic N) is 1. The first-order valence-corrected chi connectivity index (χ1v) is 6.69. The van der Waals surface area contributed by atoms with Crippen LogP contribution < -0.4 is 11.1 Å². The fourth-order valence-corrected chi connectivity index (χ4v) is 1.94. The van der Waals surface area contributed by atoms with Gasteiger partial charge in [-0.15, -0.1) is 0 Å². The number of hydrogen-bond acceptors (Lipinski definition) is 3. The number of nitrogens with one attached hydrogen (secondary N) is 1. The summed E-state index contributed by atoms with van der Waals surface area (Å²) in [7, 11) is 1.78. The molecule has 0 saturated carbocycles. The first-order chi connectivity index (χ1) is 8.86. The maximum absolute atomic E-state index is 12.0. The zero-order chi connectivity index (χ0) is 14.6. The van der Waals surface area contributed by atoms with Crippen LogP contribution in [0.2, 0.25) is 0 Å². The van der Waals surface area contributed by atoms with E-state index >= 15 is 0 Å². The van der Waals surface area contributed by atoms with Gasteiger partial charge in [-0.25, -0.2) is 0 Å². The molecule has 19 heavy (non-hydrogen) atoms. The smallest absolute Gasteiger partial charge is 0.244 e. The second kappa shape index (κ2) is 6.52. The van der Waals surface area contributed by atoms with Crippen LogP contribution in [0.15, 0.2) is 18.2 Å². The van der Waals surface area contributed by atoms with Crippen LogP contribution in [0.25, 0.3) is 0 Å². The molecule has 1 aromatic rings. The molecule has 0 aliphatic rings. The number of nitrogens with two attached hydrogens (primary N) is 1. The lowest BCUT2D eigenvalue weighted by Gasteiger charge is -2.22. The Balaban J connectivity index is 2.93. The van der Waals surface area contributed by atoms with Crippen LogP contribution in [0, 0.1) is 6.92 Å². The second-order valence-electron chi connectivity index (χ2n) is 4.63. The number of aryl methyl sites for hydroxylation is 1. The van der Waals surface area contributed by atoms with Crippen LogP contribution in [0.1, 0.15) is 25.0 Å². The van der Waals surface area contributed by atoms with Crippen LogP contribution in [0.5, 0.6) is 0 Å². The lowest BCUT2D eigenvalue weighted by atomic mass is 10.1. The number of thiocarbonyl (C=S) groups is 1. The number of carbonyl (C=O) groups excluding carboxylic acids is 1. The summed E-state index contributed by atoms with van der Waals surface area (Å²) in [5, 5.41) is 3.18. The van der Waals surface area contributed by atoms with Crippen molar-refractivity contribution in [2.24, 2.45) is 5.73 Å². The topological polar surface area (TPSA) is 58.4 Å². The summed E-state index contributed by atoms with van der Waals surface area (Å²) >= 11 is 5.04. The van der Waals surface area contributed by atoms with Gasteiger partial charge in [0.1, 0.15) is 11.0 Å². The van der Waals surface area contributed by atoms with Crippen molar-refractivity contribution in [1.82, 2.24) is 4.90 Å². The van der Waals surface area contributed by atoms with Crippen molar-refractivity contribution in [3.8, 4) is 0 Å². The highest BCUT2D eigenvalue weighted by Gasteiger charge is 2.17. The van der Waals surface area contributed by atoms with Crippen LogP contribution in [-0.4, -0.2) is 35.4 Å². The molecule has 0 saturated heterocycles. The van der Waals surface area contributed by atoms with E-state index in [0.717, 1.165) is 16.8 Å². The van der Waals surface area contributed by atoms with E-state index < -0.39 is 0 Å². The van der Waals surface area contributed by atoms with E-state index in [4.69, 9.17) is 18.0 Å². The summed E-state index contributed by atoms with van der Waals surface area (Å²) in [5.41, 5.74) is 8.37. The molecule has 0 spiro atoms. The van der Waals surface area contributed by atoms with E-state index in [1.807, 2.05) is 39.0 Å². The van der Waals surface area contributed by atoms with Gasteiger partial charge < -0.3 is 16.0 Å². The molecule has 1 amide bonds. The Kier molecular flexibility index (Phi) is 5.30. The van der Waals surface area contributed by atoms with Gasteiger partial charge in [0.05, 0.1) is 0 Å². The molecule has 104 valence electrons. The third-order valence-corrected chi connectivity index (χ3v) is 3.25. The standard InChI is InChI=1S/C14H21N3OS/c1-5-17(4)14(18)10(3)16-12-7-6-9(2)8-11(12)13(15)19/h6-8,10,16H,5H2,1-4H3,(H2,15,19). The number of anilines is 1. The number of benzene rings is 1. The van der Waals surface area contributed by atoms with Crippen LogP contribution in [0.4, 0.5) is 5.69 Å². The largest absolute Gasteiger partial charge is 0.389 e. The van der Waals surface area contributed by atoms with E-state index in [-0.39, 0.29) is 11.9 Å². The predicted octanol–water partition coefficient (Wildman–Crippen LogP) is 1.91. The first kappa shape index (κ1) is 15.4. The van der Waals surface area contributed by atoms with Crippen molar-refractivity contribution in [1.29, 1.82) is 0 Å². The number of likely N-dealkylation sites (N-methyl/N-ethyl adjacent to an activating group) is 1. The van der Waals surface area contributed by atoms with E-state index in [1.54, 1.807) is 11.9 Å². The summed E-state index contributed by atoms with van der Waals surface area (Å²) in [6.07, 6.45) is 0. The van der Waals surface area contributed by atoms with Gasteiger partial charge in [-0.05, 0) is 32.9 Å². The molecule has 1 atom stereocenters. The summed E-state index contributed by atoms with van der Waals surface area (Å²) in [6, 6.07) is 5.47. The van der Waals surface area contributed by atoms with Gasteiger partial charge in [0, 0.05) is 24.8 Å².